The summed E-state index contributed by atoms with van der Waals surface area (Å²) in [5.74, 6) is 0.669. The highest BCUT2D eigenvalue weighted by molar-refractivity contribution is 5.76. The molecular formula is C16H18N4O2. The number of aromatic nitrogens is 3. The van der Waals surface area contributed by atoms with E-state index in [0.29, 0.717) is 18.0 Å². The molecule has 0 fully saturated rings. The molecule has 6 heteroatoms. The minimum Gasteiger partial charge on any atom is -0.494 e. The number of nitrogens with zero attached hydrogens (tertiary/aromatic N) is 3. The number of methoxy groups -OCH3 is 1. The van der Waals surface area contributed by atoms with Crippen LogP contribution in [0.15, 0.2) is 48.1 Å². The van der Waals surface area contributed by atoms with Gasteiger partial charge in [-0.2, -0.15) is 0 Å². The summed E-state index contributed by atoms with van der Waals surface area (Å²) in [7, 11) is 1.55. The van der Waals surface area contributed by atoms with Gasteiger partial charge in [0.15, 0.2) is 0 Å². The molecule has 114 valence electrons. The van der Waals surface area contributed by atoms with E-state index in [1.807, 2.05) is 6.92 Å². The maximum absolute atomic E-state index is 11.7. The monoisotopic (exact) mass is 298 g/mol. The van der Waals surface area contributed by atoms with Gasteiger partial charge >= 0.3 is 0 Å². The van der Waals surface area contributed by atoms with Crippen molar-refractivity contribution in [1.29, 1.82) is 0 Å². The molecule has 0 aromatic carbocycles. The molecule has 2 aromatic rings. The highest BCUT2D eigenvalue weighted by Gasteiger charge is 2.14. The second-order valence-electron chi connectivity index (χ2n) is 4.50. The lowest BCUT2D eigenvalue weighted by atomic mass is 10.1. The van der Waals surface area contributed by atoms with Gasteiger partial charge in [0.05, 0.1) is 7.11 Å². The van der Waals surface area contributed by atoms with Gasteiger partial charge in [-0.05, 0) is 19.1 Å². The number of hydrogen-bond donors (Lipinski definition) is 1. The highest BCUT2D eigenvalue weighted by Crippen LogP contribution is 2.27. The lowest BCUT2D eigenvalue weighted by molar-refractivity contribution is 0.368. The quantitative estimate of drug-likeness (QED) is 0.675. The van der Waals surface area contributed by atoms with Gasteiger partial charge in [-0.25, -0.2) is 9.97 Å². The summed E-state index contributed by atoms with van der Waals surface area (Å²) in [5.41, 5.74) is 7.72. The first kappa shape index (κ1) is 15.5. The molecule has 0 bridgehead atoms. The summed E-state index contributed by atoms with van der Waals surface area (Å²) in [6, 6.07) is 3.25. The first-order chi connectivity index (χ1) is 10.6. The topological polar surface area (TPSA) is 83.0 Å². The predicted octanol–water partition coefficient (Wildman–Crippen LogP) is 2.08. The molecule has 0 saturated carbocycles. The van der Waals surface area contributed by atoms with Crippen LogP contribution in [0.5, 0.6) is 0 Å². The molecule has 2 heterocycles. The third-order valence-corrected chi connectivity index (χ3v) is 3.17. The lowest BCUT2D eigenvalue weighted by Gasteiger charge is -2.12. The normalized spacial score (nSPS) is 11.3. The molecule has 0 spiro atoms. The van der Waals surface area contributed by atoms with E-state index < -0.39 is 0 Å². The number of ether oxygens (including phenoxy) is 1. The standard InChI is InChI=1S/C16H18N4O2/c1-4-6-13(22-3)15-12(9-18-16(17)19-15)11-7-8-14(21)20(5-2)10-11/h4,6-10H,1,5H2,2-3H3,(H2,17,18,19)/b13-6-. The molecule has 0 aliphatic rings. The van der Waals surface area contributed by atoms with Gasteiger partial charge in [-0.1, -0.05) is 12.7 Å². The van der Waals surface area contributed by atoms with E-state index >= 15 is 0 Å². The van der Waals surface area contributed by atoms with Crippen LogP contribution in [0.2, 0.25) is 0 Å². The van der Waals surface area contributed by atoms with Crippen LogP contribution in [-0.2, 0) is 11.3 Å². The Morgan fingerprint density at radius 3 is 2.91 bits per heavy atom. The van der Waals surface area contributed by atoms with Crippen molar-refractivity contribution in [1.82, 2.24) is 14.5 Å². The Bertz CT molecular complexity index is 778. The van der Waals surface area contributed by atoms with Gasteiger partial charge < -0.3 is 15.0 Å². The molecule has 0 aliphatic carbocycles. The SMILES string of the molecule is C=C/C=C(\OC)c1nc(N)ncc1-c1ccc(=O)n(CC)c1. The molecule has 6 nitrogen and oxygen atoms in total. The Hall–Kier alpha value is -2.89. The van der Waals surface area contributed by atoms with Crippen molar-refractivity contribution in [2.45, 2.75) is 13.5 Å². The van der Waals surface area contributed by atoms with Crippen LogP contribution in [-0.4, -0.2) is 21.6 Å². The third-order valence-electron chi connectivity index (χ3n) is 3.17. The van der Waals surface area contributed by atoms with Gasteiger partial charge in [0.25, 0.3) is 5.56 Å². The number of rotatable bonds is 5. The minimum absolute atomic E-state index is 0.0576. The molecular weight excluding hydrogens is 280 g/mol. The summed E-state index contributed by atoms with van der Waals surface area (Å²) in [6.07, 6.45) is 6.68. The van der Waals surface area contributed by atoms with Crippen molar-refractivity contribution in [2.75, 3.05) is 12.8 Å². The van der Waals surface area contributed by atoms with E-state index in [4.69, 9.17) is 10.5 Å². The van der Waals surface area contributed by atoms with Crippen LogP contribution < -0.4 is 11.3 Å². The summed E-state index contributed by atoms with van der Waals surface area (Å²) in [6.45, 7) is 6.15. The van der Waals surface area contributed by atoms with Crippen LogP contribution in [0.25, 0.3) is 16.9 Å². The minimum atomic E-state index is -0.0576. The van der Waals surface area contributed by atoms with Gasteiger partial charge in [0.1, 0.15) is 11.5 Å². The van der Waals surface area contributed by atoms with Crippen molar-refractivity contribution in [3.8, 4) is 11.1 Å². The van der Waals surface area contributed by atoms with E-state index in [9.17, 15) is 4.79 Å². The van der Waals surface area contributed by atoms with Gasteiger partial charge in [0.2, 0.25) is 5.95 Å². The average Bonchev–Trinajstić information content (AvgIpc) is 2.53. The maximum Gasteiger partial charge on any atom is 0.250 e. The van der Waals surface area contributed by atoms with Crippen LogP contribution >= 0.6 is 0 Å². The molecule has 2 aromatic heterocycles. The number of nitrogen functional groups attached to an aromatic ring is 1. The van der Waals surface area contributed by atoms with E-state index in [1.54, 1.807) is 42.3 Å². The summed E-state index contributed by atoms with van der Waals surface area (Å²) in [5, 5.41) is 0. The second kappa shape index (κ2) is 6.71. The molecule has 2 N–H and O–H groups in total. The molecule has 0 atom stereocenters. The van der Waals surface area contributed by atoms with Crippen LogP contribution in [0.3, 0.4) is 0 Å². The van der Waals surface area contributed by atoms with Crippen LogP contribution in [0.4, 0.5) is 5.95 Å². The summed E-state index contributed by atoms with van der Waals surface area (Å²) >= 11 is 0. The Labute approximate surface area is 128 Å². The number of nitrogens with two attached hydrogens (primary N) is 1. The van der Waals surface area contributed by atoms with Crippen LogP contribution in [0.1, 0.15) is 12.6 Å². The maximum atomic E-state index is 11.7. The lowest BCUT2D eigenvalue weighted by Crippen LogP contribution is -2.17. The third kappa shape index (κ3) is 3.06. The number of allylic oxidation sites excluding steroid dienone is 2. The smallest absolute Gasteiger partial charge is 0.250 e. The fourth-order valence-corrected chi connectivity index (χ4v) is 2.08. The Morgan fingerprint density at radius 1 is 1.50 bits per heavy atom. The highest BCUT2D eigenvalue weighted by atomic mass is 16.5. The number of aryl methyl sites for hydroxylation is 1. The first-order valence-corrected chi connectivity index (χ1v) is 6.81. The summed E-state index contributed by atoms with van der Waals surface area (Å²) in [4.78, 5) is 20.0. The zero-order chi connectivity index (χ0) is 16.1. The largest absolute Gasteiger partial charge is 0.494 e. The predicted molar refractivity (Wildman–Crippen MR) is 87.0 cm³/mol. The van der Waals surface area contributed by atoms with Crippen molar-refractivity contribution in [2.24, 2.45) is 0 Å². The van der Waals surface area contributed by atoms with Crippen molar-refractivity contribution in [3.63, 3.8) is 0 Å². The van der Waals surface area contributed by atoms with Crippen molar-refractivity contribution >= 4 is 11.7 Å². The van der Waals surface area contributed by atoms with E-state index in [2.05, 4.69) is 16.5 Å². The van der Waals surface area contributed by atoms with Gasteiger partial charge in [-0.3, -0.25) is 4.79 Å². The molecule has 2 rings (SSSR count). The number of hydrogen-bond acceptors (Lipinski definition) is 5. The molecule has 22 heavy (non-hydrogen) atoms. The van der Waals surface area contributed by atoms with E-state index in [1.165, 1.54) is 6.07 Å². The first-order valence-electron chi connectivity index (χ1n) is 6.81. The Morgan fingerprint density at radius 2 is 2.27 bits per heavy atom. The molecule has 0 amide bonds. The fourth-order valence-electron chi connectivity index (χ4n) is 2.08. The zero-order valence-electron chi connectivity index (χ0n) is 12.6. The zero-order valence-corrected chi connectivity index (χ0v) is 12.6. The number of anilines is 1. The molecule has 0 unspecified atom stereocenters. The number of pyridine rings is 1. The van der Waals surface area contributed by atoms with Crippen molar-refractivity contribution in [3.05, 3.63) is 59.3 Å². The molecule has 0 radical (unpaired) electrons. The van der Waals surface area contributed by atoms with Gasteiger partial charge in [0, 0.05) is 36.1 Å². The van der Waals surface area contributed by atoms with Crippen molar-refractivity contribution < 1.29 is 4.74 Å². The van der Waals surface area contributed by atoms with E-state index in [-0.39, 0.29) is 11.5 Å². The fraction of sp³-hybridized carbons (Fsp3) is 0.188. The van der Waals surface area contributed by atoms with Crippen LogP contribution in [0, 0.1) is 0 Å². The Balaban J connectivity index is 2.68. The molecule has 0 saturated heterocycles. The van der Waals surface area contributed by atoms with E-state index in [0.717, 1.165) is 11.1 Å². The van der Waals surface area contributed by atoms with Gasteiger partial charge in [-0.15, -0.1) is 0 Å². The molecule has 0 aliphatic heterocycles. The average molecular weight is 298 g/mol. The second-order valence-corrected chi connectivity index (χ2v) is 4.50. The Kier molecular flexibility index (Phi) is 4.73. The summed E-state index contributed by atoms with van der Waals surface area (Å²) < 4.78 is 6.96.